The Bertz CT molecular complexity index is 765. The summed E-state index contributed by atoms with van der Waals surface area (Å²) in [4.78, 5) is 12.4. The molecule has 0 radical (unpaired) electrons. The van der Waals surface area contributed by atoms with E-state index in [1.54, 1.807) is 13.8 Å². The summed E-state index contributed by atoms with van der Waals surface area (Å²) in [5.41, 5.74) is 7.11. The molecule has 1 aromatic rings. The van der Waals surface area contributed by atoms with Crippen LogP contribution in [-0.4, -0.2) is 12.6 Å². The minimum atomic E-state index is -0.610. The maximum Gasteiger partial charge on any atom is 0.338 e. The topological polar surface area (TPSA) is 85.3 Å². The molecule has 1 aliphatic rings. The number of nitriles is 1. The fourth-order valence-electron chi connectivity index (χ4n) is 2.38. The quantitative estimate of drug-likeness (QED) is 0.518. The number of halogens is 2. The van der Waals surface area contributed by atoms with Gasteiger partial charge in [0.25, 0.3) is 0 Å². The second-order valence-corrected chi connectivity index (χ2v) is 6.81. The van der Waals surface area contributed by atoms with Crippen LogP contribution in [0, 0.1) is 14.9 Å². The van der Waals surface area contributed by atoms with Crippen LogP contribution >= 0.6 is 38.5 Å². The van der Waals surface area contributed by atoms with E-state index in [1.165, 1.54) is 0 Å². The first-order valence-electron chi connectivity index (χ1n) is 6.81. The van der Waals surface area contributed by atoms with Crippen molar-refractivity contribution >= 4 is 44.5 Å². The molecule has 2 rings (SSSR count). The van der Waals surface area contributed by atoms with Gasteiger partial charge in [0, 0.05) is 8.04 Å². The number of hydrogen-bond acceptors (Lipinski definition) is 5. The van der Waals surface area contributed by atoms with Crippen LogP contribution in [0.3, 0.4) is 0 Å². The molecule has 1 aliphatic heterocycles. The molecule has 0 fully saturated rings. The zero-order valence-electron chi connectivity index (χ0n) is 12.5. The Kier molecular flexibility index (Phi) is 5.70. The second-order valence-electron chi connectivity index (χ2n) is 4.79. The molecule has 2 N–H and O–H groups in total. The van der Waals surface area contributed by atoms with Crippen LogP contribution in [-0.2, 0) is 14.3 Å². The van der Waals surface area contributed by atoms with E-state index in [2.05, 4.69) is 44.6 Å². The molecular weight excluding hydrogens is 475 g/mol. The highest BCUT2D eigenvalue weighted by atomic mass is 127. The van der Waals surface area contributed by atoms with Crippen LogP contribution in [0.4, 0.5) is 0 Å². The Morgan fingerprint density at radius 2 is 2.26 bits per heavy atom. The zero-order chi connectivity index (χ0) is 17.1. The summed E-state index contributed by atoms with van der Waals surface area (Å²) in [5.74, 6) is -0.761. The third kappa shape index (κ3) is 3.53. The van der Waals surface area contributed by atoms with Gasteiger partial charge in [-0.05, 0) is 70.1 Å². The number of rotatable bonds is 3. The standard InChI is InChI=1S/C16H14BrIN2O3/c1-3-22-16(21)13-8(2)23-15(20)10(7-19)14(13)9-4-5-12(18)11(17)6-9/h4-6,14H,3,20H2,1-2H3. The van der Waals surface area contributed by atoms with E-state index >= 15 is 0 Å². The monoisotopic (exact) mass is 488 g/mol. The lowest BCUT2D eigenvalue weighted by molar-refractivity contribution is -0.139. The highest BCUT2D eigenvalue weighted by molar-refractivity contribution is 14.1. The van der Waals surface area contributed by atoms with Crippen molar-refractivity contribution in [2.45, 2.75) is 19.8 Å². The van der Waals surface area contributed by atoms with Gasteiger partial charge in [-0.15, -0.1) is 0 Å². The van der Waals surface area contributed by atoms with E-state index in [9.17, 15) is 10.1 Å². The van der Waals surface area contributed by atoms with Gasteiger partial charge in [0.2, 0.25) is 5.88 Å². The zero-order valence-corrected chi connectivity index (χ0v) is 16.3. The van der Waals surface area contributed by atoms with Crippen LogP contribution in [0.2, 0.25) is 0 Å². The highest BCUT2D eigenvalue weighted by Crippen LogP contribution is 2.40. The molecule has 0 aliphatic carbocycles. The highest BCUT2D eigenvalue weighted by Gasteiger charge is 2.36. The largest absolute Gasteiger partial charge is 0.463 e. The molecule has 7 heteroatoms. The summed E-state index contributed by atoms with van der Waals surface area (Å²) >= 11 is 5.66. The van der Waals surface area contributed by atoms with Crippen LogP contribution < -0.4 is 5.73 Å². The normalized spacial score (nSPS) is 17.6. The van der Waals surface area contributed by atoms with Gasteiger partial charge in [-0.1, -0.05) is 6.07 Å². The van der Waals surface area contributed by atoms with Crippen molar-refractivity contribution in [2.75, 3.05) is 6.61 Å². The average Bonchev–Trinajstić information content (AvgIpc) is 2.49. The molecule has 1 atom stereocenters. The molecule has 0 amide bonds. The lowest BCUT2D eigenvalue weighted by Gasteiger charge is -2.27. The first-order chi connectivity index (χ1) is 10.9. The van der Waals surface area contributed by atoms with Crippen molar-refractivity contribution in [3.63, 3.8) is 0 Å². The molecule has 5 nitrogen and oxygen atoms in total. The Morgan fingerprint density at radius 3 is 2.83 bits per heavy atom. The molecule has 0 spiro atoms. The first kappa shape index (κ1) is 17.8. The summed E-state index contributed by atoms with van der Waals surface area (Å²) in [6.07, 6.45) is 0. The Balaban J connectivity index is 2.64. The minimum absolute atomic E-state index is 0.0118. The molecule has 23 heavy (non-hydrogen) atoms. The van der Waals surface area contributed by atoms with Crippen LogP contribution in [0.15, 0.2) is 45.5 Å². The number of esters is 1. The summed E-state index contributed by atoms with van der Waals surface area (Å²) in [7, 11) is 0. The summed E-state index contributed by atoms with van der Waals surface area (Å²) in [5, 5.41) is 9.48. The Labute approximate surface area is 156 Å². The van der Waals surface area contributed by atoms with E-state index < -0.39 is 11.9 Å². The van der Waals surface area contributed by atoms with Crippen LogP contribution in [0.1, 0.15) is 25.3 Å². The smallest absolute Gasteiger partial charge is 0.338 e. The van der Waals surface area contributed by atoms with Gasteiger partial charge < -0.3 is 15.2 Å². The fraction of sp³-hybridized carbons (Fsp3) is 0.250. The van der Waals surface area contributed by atoms with E-state index in [1.807, 2.05) is 18.2 Å². The summed E-state index contributed by atoms with van der Waals surface area (Å²) in [6.45, 7) is 3.60. The average molecular weight is 489 g/mol. The van der Waals surface area contributed by atoms with Gasteiger partial charge in [-0.3, -0.25) is 0 Å². The molecule has 0 aromatic heterocycles. The summed E-state index contributed by atoms with van der Waals surface area (Å²) in [6, 6.07) is 7.69. The lowest BCUT2D eigenvalue weighted by Crippen LogP contribution is -2.25. The SMILES string of the molecule is CCOC(=O)C1=C(C)OC(N)=C(C#N)C1c1ccc(I)c(Br)c1. The molecule has 0 bridgehead atoms. The maximum absolute atomic E-state index is 12.4. The number of nitrogens with zero attached hydrogens (tertiary/aromatic N) is 1. The van der Waals surface area contributed by atoms with Gasteiger partial charge in [-0.2, -0.15) is 5.26 Å². The molecule has 120 valence electrons. The lowest BCUT2D eigenvalue weighted by atomic mass is 9.83. The second kappa shape index (κ2) is 7.36. The minimum Gasteiger partial charge on any atom is -0.463 e. The Morgan fingerprint density at radius 1 is 1.57 bits per heavy atom. The number of nitrogens with two attached hydrogens (primary N) is 1. The van der Waals surface area contributed by atoms with Crippen molar-refractivity contribution in [3.05, 3.63) is 54.6 Å². The molecule has 0 saturated carbocycles. The molecule has 0 saturated heterocycles. The summed E-state index contributed by atoms with van der Waals surface area (Å²) < 4.78 is 12.4. The van der Waals surface area contributed by atoms with Crippen molar-refractivity contribution in [2.24, 2.45) is 5.73 Å². The van der Waals surface area contributed by atoms with Gasteiger partial charge in [-0.25, -0.2) is 4.79 Å². The van der Waals surface area contributed by atoms with E-state index in [0.29, 0.717) is 11.3 Å². The van der Waals surface area contributed by atoms with E-state index in [4.69, 9.17) is 15.2 Å². The van der Waals surface area contributed by atoms with Crippen molar-refractivity contribution in [1.29, 1.82) is 5.26 Å². The van der Waals surface area contributed by atoms with Crippen LogP contribution in [0.25, 0.3) is 0 Å². The predicted octanol–water partition coefficient (Wildman–Crippen LogP) is 3.70. The van der Waals surface area contributed by atoms with Crippen molar-refractivity contribution in [3.8, 4) is 6.07 Å². The van der Waals surface area contributed by atoms with E-state index in [0.717, 1.165) is 13.6 Å². The number of carbonyl (C=O) groups excluding carboxylic acids is 1. The molecule has 1 heterocycles. The first-order valence-corrected chi connectivity index (χ1v) is 8.68. The molecule has 1 aromatic carbocycles. The van der Waals surface area contributed by atoms with Gasteiger partial charge in [0.1, 0.15) is 17.4 Å². The number of allylic oxidation sites excluding steroid dienone is 2. The van der Waals surface area contributed by atoms with E-state index in [-0.39, 0.29) is 18.1 Å². The number of hydrogen-bond donors (Lipinski definition) is 1. The predicted molar refractivity (Wildman–Crippen MR) is 96.8 cm³/mol. The molecular formula is C16H14BrIN2O3. The third-order valence-corrected chi connectivity index (χ3v) is 5.72. The van der Waals surface area contributed by atoms with Crippen molar-refractivity contribution < 1.29 is 14.3 Å². The van der Waals surface area contributed by atoms with Gasteiger partial charge in [0.05, 0.1) is 18.1 Å². The number of benzene rings is 1. The molecule has 1 unspecified atom stereocenters. The maximum atomic E-state index is 12.4. The fourth-order valence-corrected chi connectivity index (χ4v) is 3.11. The van der Waals surface area contributed by atoms with Gasteiger partial charge in [0.15, 0.2) is 0 Å². The number of carbonyl (C=O) groups is 1. The van der Waals surface area contributed by atoms with Crippen molar-refractivity contribution in [1.82, 2.24) is 0 Å². The van der Waals surface area contributed by atoms with Crippen LogP contribution in [0.5, 0.6) is 0 Å². The van der Waals surface area contributed by atoms with Gasteiger partial charge >= 0.3 is 5.97 Å². The third-order valence-electron chi connectivity index (χ3n) is 3.38. The Hall–Kier alpha value is -1.53. The number of ether oxygens (including phenoxy) is 2.